The van der Waals surface area contributed by atoms with E-state index in [0.29, 0.717) is 40.9 Å². The predicted octanol–water partition coefficient (Wildman–Crippen LogP) is 4.67. The zero-order chi connectivity index (χ0) is 22.2. The van der Waals surface area contributed by atoms with Crippen molar-refractivity contribution in [2.24, 2.45) is 0 Å². The van der Waals surface area contributed by atoms with Gasteiger partial charge in [-0.15, -0.1) is 0 Å². The molecular weight excluding hydrogens is 410 g/mol. The van der Waals surface area contributed by atoms with Gasteiger partial charge in [0.15, 0.2) is 11.5 Å². The van der Waals surface area contributed by atoms with Gasteiger partial charge in [-0.25, -0.2) is 0 Å². The minimum atomic E-state index is -1.20. The maximum atomic E-state index is 13.0. The minimum absolute atomic E-state index is 0.166. The molecule has 0 spiro atoms. The largest absolute Gasteiger partial charge is 0.493 e. The summed E-state index contributed by atoms with van der Waals surface area (Å²) in [5.41, 5.74) is 2.45. The molecule has 0 heterocycles. The second kappa shape index (κ2) is 10.8. The lowest BCUT2D eigenvalue weighted by Crippen LogP contribution is -2.27. The van der Waals surface area contributed by atoms with Crippen molar-refractivity contribution in [1.82, 2.24) is 4.90 Å². The Labute approximate surface area is 186 Å². The normalized spacial score (nSPS) is 11.6. The Morgan fingerprint density at radius 3 is 2.35 bits per heavy atom. The van der Waals surface area contributed by atoms with Crippen molar-refractivity contribution in [2.75, 3.05) is 19.9 Å². The maximum Gasteiger partial charge on any atom is 0.255 e. The molecule has 0 aliphatic rings. The van der Waals surface area contributed by atoms with Gasteiger partial charge in [0, 0.05) is 19.3 Å². The predicted molar refractivity (Wildman–Crippen MR) is 123 cm³/mol. The van der Waals surface area contributed by atoms with Crippen LogP contribution in [-0.4, -0.2) is 34.9 Å². The molecule has 3 rings (SSSR count). The molecule has 162 valence electrons. The minimum Gasteiger partial charge on any atom is -0.493 e. The number of amides is 1. The summed E-state index contributed by atoms with van der Waals surface area (Å²) in [5.74, 6) is 1.56. The third-order valence-electron chi connectivity index (χ3n) is 4.86. The summed E-state index contributed by atoms with van der Waals surface area (Å²) in [5, 5.41) is 0. The first-order valence-corrected chi connectivity index (χ1v) is 11.4. The number of hydrogen-bond acceptors (Lipinski definition) is 4. The lowest BCUT2D eigenvalue weighted by atomic mass is 10.1. The molecule has 5 nitrogen and oxygen atoms in total. The van der Waals surface area contributed by atoms with Gasteiger partial charge in [0.05, 0.1) is 28.4 Å². The number of methoxy groups -OCH3 is 1. The Balaban J connectivity index is 1.72. The molecular formula is C25H27NO4S. The molecule has 0 saturated carbocycles. The number of carbonyl (C=O) groups is 1. The van der Waals surface area contributed by atoms with Crippen LogP contribution in [0.3, 0.4) is 0 Å². The highest BCUT2D eigenvalue weighted by Gasteiger charge is 2.19. The number of hydrogen-bond donors (Lipinski definition) is 0. The van der Waals surface area contributed by atoms with Crippen LogP contribution >= 0.6 is 0 Å². The standard InChI is InChI=1S/C25H27NO4S/c1-4-31(28)24-13-9-8-12-21(24)25(27)26(2)17-20-14-15-22(23(16-20)29-3)30-18-19-10-6-5-7-11-19/h5-16H,4,17-18H2,1-3H3. The summed E-state index contributed by atoms with van der Waals surface area (Å²) in [4.78, 5) is 15.2. The van der Waals surface area contributed by atoms with E-state index < -0.39 is 10.8 Å². The van der Waals surface area contributed by atoms with Crippen LogP contribution in [0.2, 0.25) is 0 Å². The number of nitrogens with zero attached hydrogens (tertiary/aromatic N) is 1. The van der Waals surface area contributed by atoms with E-state index in [1.807, 2.05) is 55.5 Å². The molecule has 3 aromatic rings. The number of ether oxygens (including phenoxy) is 2. The highest BCUT2D eigenvalue weighted by Crippen LogP contribution is 2.29. The fraction of sp³-hybridized carbons (Fsp3) is 0.240. The summed E-state index contributed by atoms with van der Waals surface area (Å²) in [6.45, 7) is 2.68. The SMILES string of the molecule is CCS(=O)c1ccccc1C(=O)N(C)Cc1ccc(OCc2ccccc2)c(OC)c1. The van der Waals surface area contributed by atoms with Crippen LogP contribution < -0.4 is 9.47 Å². The maximum absolute atomic E-state index is 13.0. The topological polar surface area (TPSA) is 55.8 Å². The molecule has 1 amide bonds. The van der Waals surface area contributed by atoms with Gasteiger partial charge < -0.3 is 14.4 Å². The average molecular weight is 438 g/mol. The second-order valence-corrected chi connectivity index (χ2v) is 8.76. The summed E-state index contributed by atoms with van der Waals surface area (Å²) >= 11 is 0. The van der Waals surface area contributed by atoms with Crippen molar-refractivity contribution >= 4 is 16.7 Å². The smallest absolute Gasteiger partial charge is 0.255 e. The van der Waals surface area contributed by atoms with Crippen LogP contribution in [0.15, 0.2) is 77.7 Å². The van der Waals surface area contributed by atoms with Gasteiger partial charge in [-0.1, -0.05) is 55.5 Å². The van der Waals surface area contributed by atoms with E-state index in [-0.39, 0.29) is 5.91 Å². The molecule has 1 atom stereocenters. The average Bonchev–Trinajstić information content (AvgIpc) is 2.82. The molecule has 0 N–H and O–H groups in total. The van der Waals surface area contributed by atoms with Crippen LogP contribution in [0.4, 0.5) is 0 Å². The van der Waals surface area contributed by atoms with E-state index in [1.165, 1.54) is 0 Å². The van der Waals surface area contributed by atoms with Crippen molar-refractivity contribution in [2.45, 2.75) is 25.0 Å². The summed E-state index contributed by atoms with van der Waals surface area (Å²) in [6.07, 6.45) is 0. The molecule has 0 radical (unpaired) electrons. The molecule has 0 bridgehead atoms. The van der Waals surface area contributed by atoms with Gasteiger partial charge in [-0.2, -0.15) is 0 Å². The van der Waals surface area contributed by atoms with Crippen LogP contribution in [0.25, 0.3) is 0 Å². The fourth-order valence-corrected chi connectivity index (χ4v) is 4.16. The Bertz CT molecular complexity index is 1050. The van der Waals surface area contributed by atoms with Gasteiger partial charge in [0.2, 0.25) is 0 Å². The van der Waals surface area contributed by atoms with Gasteiger partial charge in [-0.3, -0.25) is 9.00 Å². The quantitative estimate of drug-likeness (QED) is 0.488. The number of rotatable bonds is 9. The van der Waals surface area contributed by atoms with Gasteiger partial charge in [0.25, 0.3) is 5.91 Å². The summed E-state index contributed by atoms with van der Waals surface area (Å²) in [6, 6.07) is 22.6. The number of benzene rings is 3. The summed E-state index contributed by atoms with van der Waals surface area (Å²) in [7, 11) is 2.14. The van der Waals surface area contributed by atoms with Crippen molar-refractivity contribution in [3.05, 3.63) is 89.5 Å². The Morgan fingerprint density at radius 1 is 0.935 bits per heavy atom. The second-order valence-electron chi connectivity index (χ2n) is 7.05. The van der Waals surface area contributed by atoms with E-state index in [9.17, 15) is 9.00 Å². The van der Waals surface area contributed by atoms with Gasteiger partial charge in [-0.05, 0) is 35.4 Å². The monoisotopic (exact) mass is 437 g/mol. The zero-order valence-corrected chi connectivity index (χ0v) is 18.9. The van der Waals surface area contributed by atoms with E-state index in [2.05, 4.69) is 0 Å². The summed E-state index contributed by atoms with van der Waals surface area (Å²) < 4.78 is 23.7. The van der Waals surface area contributed by atoms with Crippen molar-refractivity contribution < 1.29 is 18.5 Å². The molecule has 31 heavy (non-hydrogen) atoms. The first-order valence-electron chi connectivity index (χ1n) is 10.1. The fourth-order valence-electron chi connectivity index (χ4n) is 3.21. The third kappa shape index (κ3) is 5.73. The Hall–Kier alpha value is -3.12. The lowest BCUT2D eigenvalue weighted by molar-refractivity contribution is 0.0781. The molecule has 0 fully saturated rings. The van der Waals surface area contributed by atoms with Crippen LogP contribution in [0.5, 0.6) is 11.5 Å². The zero-order valence-electron chi connectivity index (χ0n) is 18.0. The first-order chi connectivity index (χ1) is 15.0. The van der Waals surface area contributed by atoms with E-state index in [0.717, 1.165) is 11.1 Å². The molecule has 0 saturated heterocycles. The molecule has 0 aliphatic heterocycles. The molecule has 0 aromatic heterocycles. The molecule has 6 heteroatoms. The lowest BCUT2D eigenvalue weighted by Gasteiger charge is -2.20. The molecule has 3 aromatic carbocycles. The van der Waals surface area contributed by atoms with Crippen molar-refractivity contribution in [3.8, 4) is 11.5 Å². The third-order valence-corrected chi connectivity index (χ3v) is 6.23. The Morgan fingerprint density at radius 2 is 1.65 bits per heavy atom. The van der Waals surface area contributed by atoms with E-state index in [4.69, 9.17) is 9.47 Å². The van der Waals surface area contributed by atoms with Crippen molar-refractivity contribution in [3.63, 3.8) is 0 Å². The van der Waals surface area contributed by atoms with E-state index in [1.54, 1.807) is 43.3 Å². The van der Waals surface area contributed by atoms with Crippen molar-refractivity contribution in [1.29, 1.82) is 0 Å². The van der Waals surface area contributed by atoms with Crippen LogP contribution in [-0.2, 0) is 24.0 Å². The number of carbonyl (C=O) groups excluding carboxylic acids is 1. The van der Waals surface area contributed by atoms with Gasteiger partial charge >= 0.3 is 0 Å². The highest BCUT2D eigenvalue weighted by molar-refractivity contribution is 7.85. The Kier molecular flexibility index (Phi) is 7.84. The van der Waals surface area contributed by atoms with Crippen LogP contribution in [0.1, 0.15) is 28.4 Å². The first kappa shape index (κ1) is 22.6. The van der Waals surface area contributed by atoms with Crippen LogP contribution in [0, 0.1) is 0 Å². The molecule has 1 unspecified atom stereocenters. The van der Waals surface area contributed by atoms with Gasteiger partial charge in [0.1, 0.15) is 6.61 Å². The molecule has 0 aliphatic carbocycles. The van der Waals surface area contributed by atoms with E-state index >= 15 is 0 Å². The highest BCUT2D eigenvalue weighted by atomic mass is 32.2.